The first kappa shape index (κ1) is 26.3. The predicted octanol–water partition coefficient (Wildman–Crippen LogP) is 11.7. The number of fused-ring (bicyclic) bond motifs is 3. The summed E-state index contributed by atoms with van der Waals surface area (Å²) in [5.74, 6) is 0. The minimum Gasteiger partial charge on any atom is -0.309 e. The molecule has 9 rings (SSSR count). The lowest BCUT2D eigenvalue weighted by atomic mass is 10.0. The maximum atomic E-state index is 2.44. The first-order valence-electron chi connectivity index (χ1n) is 15.8. The highest BCUT2D eigenvalue weighted by Gasteiger charge is 2.17. The van der Waals surface area contributed by atoms with Crippen molar-refractivity contribution in [2.45, 2.75) is 0 Å². The fourth-order valence-corrected chi connectivity index (χ4v) is 6.92. The van der Waals surface area contributed by atoms with E-state index in [0.29, 0.717) is 0 Å². The molecule has 2 heteroatoms. The molecule has 2 heterocycles. The standard InChI is InChI=1S/C44H30N2/c1-4-14-32(15-5-1)41-29-36-25-23-34(27-43(36)45(41)38-19-8-3-9-20-38)35-24-26-37-30-42(33-16-6-2-7-17-33)46(44(37)28-35)40-22-12-18-31-13-10-11-21-39(31)40/h1-30H. The van der Waals surface area contributed by atoms with Crippen LogP contribution in [-0.4, -0.2) is 9.13 Å². The van der Waals surface area contributed by atoms with Gasteiger partial charge in [-0.05, 0) is 70.1 Å². The van der Waals surface area contributed by atoms with Crippen LogP contribution in [-0.2, 0) is 0 Å². The summed E-state index contributed by atoms with van der Waals surface area (Å²) in [6.45, 7) is 0. The van der Waals surface area contributed by atoms with Crippen molar-refractivity contribution in [3.63, 3.8) is 0 Å². The van der Waals surface area contributed by atoms with Gasteiger partial charge in [0, 0.05) is 21.8 Å². The quantitative estimate of drug-likeness (QED) is 0.190. The molecule has 0 saturated carbocycles. The van der Waals surface area contributed by atoms with Crippen LogP contribution in [0.25, 0.3) is 77.6 Å². The van der Waals surface area contributed by atoms with Gasteiger partial charge in [-0.1, -0.05) is 140 Å². The van der Waals surface area contributed by atoms with E-state index in [9.17, 15) is 0 Å². The van der Waals surface area contributed by atoms with Crippen LogP contribution < -0.4 is 0 Å². The summed E-state index contributed by atoms with van der Waals surface area (Å²) >= 11 is 0. The highest BCUT2D eigenvalue weighted by Crippen LogP contribution is 2.38. The number of nitrogens with zero attached hydrogens (tertiary/aromatic N) is 2. The summed E-state index contributed by atoms with van der Waals surface area (Å²) in [4.78, 5) is 0. The van der Waals surface area contributed by atoms with Crippen molar-refractivity contribution in [2.24, 2.45) is 0 Å². The fourth-order valence-electron chi connectivity index (χ4n) is 6.92. The van der Waals surface area contributed by atoms with Gasteiger partial charge in [0.1, 0.15) is 0 Å². The van der Waals surface area contributed by atoms with E-state index in [1.54, 1.807) is 0 Å². The second-order valence-electron chi connectivity index (χ2n) is 11.8. The molecule has 0 aliphatic rings. The van der Waals surface area contributed by atoms with E-state index >= 15 is 0 Å². The number of benzene rings is 7. The Hall–Kier alpha value is -6.12. The van der Waals surface area contributed by atoms with Gasteiger partial charge in [0.25, 0.3) is 0 Å². The van der Waals surface area contributed by atoms with E-state index < -0.39 is 0 Å². The third-order valence-electron chi connectivity index (χ3n) is 9.10. The molecule has 0 saturated heterocycles. The van der Waals surface area contributed by atoms with E-state index in [1.807, 2.05) is 0 Å². The van der Waals surface area contributed by atoms with Crippen LogP contribution in [0.2, 0.25) is 0 Å². The van der Waals surface area contributed by atoms with Crippen LogP contribution >= 0.6 is 0 Å². The topological polar surface area (TPSA) is 9.86 Å². The second-order valence-corrected chi connectivity index (χ2v) is 11.8. The molecule has 0 radical (unpaired) electrons. The Labute approximate surface area is 268 Å². The summed E-state index contributed by atoms with van der Waals surface area (Å²) in [6.07, 6.45) is 0. The molecule has 7 aromatic carbocycles. The molecule has 0 amide bonds. The van der Waals surface area contributed by atoms with Crippen molar-refractivity contribution in [1.82, 2.24) is 9.13 Å². The molecule has 2 nitrogen and oxygen atoms in total. The Bertz CT molecular complexity index is 2500. The van der Waals surface area contributed by atoms with Gasteiger partial charge >= 0.3 is 0 Å². The van der Waals surface area contributed by atoms with Gasteiger partial charge in [-0.25, -0.2) is 0 Å². The van der Waals surface area contributed by atoms with Crippen molar-refractivity contribution < 1.29 is 0 Å². The largest absolute Gasteiger partial charge is 0.309 e. The molecular weight excluding hydrogens is 556 g/mol. The van der Waals surface area contributed by atoms with Crippen LogP contribution in [0.3, 0.4) is 0 Å². The van der Waals surface area contributed by atoms with E-state index in [4.69, 9.17) is 0 Å². The molecule has 0 fully saturated rings. The Morgan fingerprint density at radius 2 is 0.804 bits per heavy atom. The Morgan fingerprint density at radius 1 is 0.304 bits per heavy atom. The van der Waals surface area contributed by atoms with Gasteiger partial charge in [0.05, 0.1) is 28.1 Å². The Balaban J connectivity index is 1.28. The highest BCUT2D eigenvalue weighted by molar-refractivity contribution is 5.98. The number of rotatable bonds is 5. The number of para-hydroxylation sites is 1. The minimum absolute atomic E-state index is 1.15. The first-order chi connectivity index (χ1) is 22.8. The van der Waals surface area contributed by atoms with Crippen molar-refractivity contribution in [2.75, 3.05) is 0 Å². The van der Waals surface area contributed by atoms with Crippen LogP contribution in [0.4, 0.5) is 0 Å². The molecule has 0 aliphatic carbocycles. The van der Waals surface area contributed by atoms with Gasteiger partial charge in [-0.3, -0.25) is 0 Å². The van der Waals surface area contributed by atoms with E-state index in [2.05, 4.69) is 191 Å². The predicted molar refractivity (Wildman–Crippen MR) is 194 cm³/mol. The molecular formula is C44H30N2. The summed E-state index contributed by atoms with van der Waals surface area (Å²) < 4.78 is 4.83. The number of hydrogen-bond donors (Lipinski definition) is 0. The average Bonchev–Trinajstić information content (AvgIpc) is 3.71. The van der Waals surface area contributed by atoms with Crippen LogP contribution in [0.15, 0.2) is 182 Å². The SMILES string of the molecule is c1ccc(-c2cc3ccc(-c4ccc5cc(-c6ccccc6)n(-c6cccc7ccccc67)c5c4)cc3n2-c2ccccc2)cc1. The van der Waals surface area contributed by atoms with E-state index in [0.717, 1.165) is 5.69 Å². The first-order valence-corrected chi connectivity index (χ1v) is 15.8. The van der Waals surface area contributed by atoms with Crippen LogP contribution in [0.1, 0.15) is 0 Å². The minimum atomic E-state index is 1.15. The zero-order valence-electron chi connectivity index (χ0n) is 25.2. The lowest BCUT2D eigenvalue weighted by Gasteiger charge is -2.15. The van der Waals surface area contributed by atoms with Gasteiger partial charge in [0.15, 0.2) is 0 Å². The zero-order valence-corrected chi connectivity index (χ0v) is 25.2. The molecule has 9 aromatic rings. The molecule has 0 bridgehead atoms. The van der Waals surface area contributed by atoms with E-state index in [-0.39, 0.29) is 0 Å². The fraction of sp³-hybridized carbons (Fsp3) is 0. The number of hydrogen-bond acceptors (Lipinski definition) is 0. The molecule has 0 spiro atoms. The molecule has 2 aromatic heterocycles. The molecule has 0 unspecified atom stereocenters. The van der Waals surface area contributed by atoms with Crippen LogP contribution in [0.5, 0.6) is 0 Å². The van der Waals surface area contributed by atoms with Crippen molar-refractivity contribution in [3.8, 4) is 45.0 Å². The maximum absolute atomic E-state index is 2.44. The molecule has 0 aliphatic heterocycles. The third-order valence-corrected chi connectivity index (χ3v) is 9.10. The normalized spacial score (nSPS) is 11.5. The number of aromatic nitrogens is 2. The van der Waals surface area contributed by atoms with Gasteiger partial charge in [-0.2, -0.15) is 0 Å². The lowest BCUT2D eigenvalue weighted by Crippen LogP contribution is -1.98. The Morgan fingerprint density at radius 3 is 1.43 bits per heavy atom. The summed E-state index contributed by atoms with van der Waals surface area (Å²) in [5.41, 5.74) is 11.9. The molecule has 216 valence electrons. The van der Waals surface area contributed by atoms with E-state index in [1.165, 1.54) is 71.9 Å². The Kier molecular flexibility index (Phi) is 6.17. The molecule has 46 heavy (non-hydrogen) atoms. The average molecular weight is 587 g/mol. The molecule has 0 atom stereocenters. The monoisotopic (exact) mass is 586 g/mol. The maximum Gasteiger partial charge on any atom is 0.0541 e. The van der Waals surface area contributed by atoms with Crippen LogP contribution in [0, 0.1) is 0 Å². The summed E-state index contributed by atoms with van der Waals surface area (Å²) in [7, 11) is 0. The highest BCUT2D eigenvalue weighted by atomic mass is 15.0. The van der Waals surface area contributed by atoms with Crippen molar-refractivity contribution in [3.05, 3.63) is 182 Å². The van der Waals surface area contributed by atoms with Gasteiger partial charge in [-0.15, -0.1) is 0 Å². The van der Waals surface area contributed by atoms with Crippen molar-refractivity contribution >= 4 is 32.6 Å². The molecule has 0 N–H and O–H groups in total. The summed E-state index contributed by atoms with van der Waals surface area (Å²) in [6, 6.07) is 65.7. The van der Waals surface area contributed by atoms with Crippen molar-refractivity contribution in [1.29, 1.82) is 0 Å². The zero-order chi connectivity index (χ0) is 30.5. The summed E-state index contributed by atoms with van der Waals surface area (Å²) in [5, 5.41) is 4.91. The third kappa shape index (κ3) is 4.35. The lowest BCUT2D eigenvalue weighted by molar-refractivity contribution is 1.13. The second kappa shape index (κ2) is 10.8. The smallest absolute Gasteiger partial charge is 0.0541 e. The van der Waals surface area contributed by atoms with Gasteiger partial charge in [0.2, 0.25) is 0 Å². The van der Waals surface area contributed by atoms with Gasteiger partial charge < -0.3 is 9.13 Å².